The van der Waals surface area contributed by atoms with Crippen molar-refractivity contribution in [3.63, 3.8) is 0 Å². The highest BCUT2D eigenvalue weighted by atomic mass is 35.5. The van der Waals surface area contributed by atoms with E-state index in [0.29, 0.717) is 35.2 Å². The lowest BCUT2D eigenvalue weighted by atomic mass is 9.80. The van der Waals surface area contributed by atoms with Gasteiger partial charge in [-0.3, -0.25) is 4.99 Å². The van der Waals surface area contributed by atoms with Crippen LogP contribution in [0.5, 0.6) is 0 Å². The second-order valence-corrected chi connectivity index (χ2v) is 11.9. The van der Waals surface area contributed by atoms with E-state index in [0.717, 1.165) is 62.3 Å². The maximum Gasteiger partial charge on any atom is 0.240 e. The lowest BCUT2D eigenvalue weighted by molar-refractivity contribution is 0.280. The van der Waals surface area contributed by atoms with Gasteiger partial charge in [0.05, 0.1) is 10.7 Å². The van der Waals surface area contributed by atoms with Crippen LogP contribution in [-0.2, 0) is 16.4 Å². The molecule has 0 bridgehead atoms. The molecule has 2 aromatic carbocycles. The van der Waals surface area contributed by atoms with E-state index >= 15 is 0 Å². The molecular formula is C26H32ClN3O2S. The predicted molar refractivity (Wildman–Crippen MR) is 133 cm³/mol. The number of halogens is 1. The predicted octanol–water partition coefficient (Wildman–Crippen LogP) is 4.92. The highest BCUT2D eigenvalue weighted by Crippen LogP contribution is 2.41. The van der Waals surface area contributed by atoms with Crippen molar-refractivity contribution in [1.29, 1.82) is 0 Å². The molecule has 2 aliphatic carbocycles. The standard InChI is InChI=1S/C26H32ClN3O2S/c27-23-8-4-5-20-13-14-24-22(26(20)23)15-25(30-24)28-16-18-9-11-19(12-10-18)17-29-33(31,32)21-6-2-1-3-7-21/h1-8,18-19,22,24,29H,9-17H2,(H,28,30)/t18?,19?,22-,24-/m1/s1. The molecule has 33 heavy (non-hydrogen) atoms. The molecule has 2 aromatic rings. The van der Waals surface area contributed by atoms with Crippen molar-refractivity contribution in [2.45, 2.75) is 61.8 Å². The van der Waals surface area contributed by atoms with Crippen LogP contribution < -0.4 is 10.0 Å². The van der Waals surface area contributed by atoms with Gasteiger partial charge in [-0.1, -0.05) is 41.9 Å². The van der Waals surface area contributed by atoms with Gasteiger partial charge in [0.15, 0.2) is 0 Å². The normalized spacial score (nSPS) is 28.2. The minimum absolute atomic E-state index is 0.336. The van der Waals surface area contributed by atoms with E-state index in [-0.39, 0.29) is 0 Å². The quantitative estimate of drug-likeness (QED) is 0.610. The van der Waals surface area contributed by atoms with Crippen molar-refractivity contribution in [3.05, 3.63) is 64.7 Å². The molecule has 7 heteroatoms. The maximum absolute atomic E-state index is 12.4. The van der Waals surface area contributed by atoms with Crippen LogP contribution in [0.15, 0.2) is 58.4 Å². The first-order chi connectivity index (χ1) is 16.0. The lowest BCUT2D eigenvalue weighted by Crippen LogP contribution is -2.32. The van der Waals surface area contributed by atoms with E-state index in [1.807, 2.05) is 12.1 Å². The molecule has 1 heterocycles. The van der Waals surface area contributed by atoms with Crippen LogP contribution in [0.3, 0.4) is 0 Å². The van der Waals surface area contributed by atoms with Crippen LogP contribution in [0.4, 0.5) is 0 Å². The van der Waals surface area contributed by atoms with Crippen molar-refractivity contribution in [3.8, 4) is 0 Å². The second-order valence-electron chi connectivity index (χ2n) is 9.75. The van der Waals surface area contributed by atoms with Gasteiger partial charge < -0.3 is 5.32 Å². The molecule has 0 amide bonds. The smallest absolute Gasteiger partial charge is 0.240 e. The number of amidine groups is 1. The molecule has 1 aliphatic heterocycles. The fourth-order valence-corrected chi connectivity index (χ4v) is 7.18. The Labute approximate surface area is 202 Å². The van der Waals surface area contributed by atoms with Gasteiger partial charge >= 0.3 is 0 Å². The van der Waals surface area contributed by atoms with Crippen molar-refractivity contribution >= 4 is 27.5 Å². The molecule has 176 valence electrons. The number of aryl methyl sites for hydroxylation is 1. The van der Waals surface area contributed by atoms with Crippen molar-refractivity contribution in [2.75, 3.05) is 13.1 Å². The Hall–Kier alpha value is -1.89. The van der Waals surface area contributed by atoms with Gasteiger partial charge in [0.2, 0.25) is 10.0 Å². The number of fused-ring (bicyclic) bond motifs is 3. The zero-order valence-electron chi connectivity index (χ0n) is 18.8. The zero-order chi connectivity index (χ0) is 22.8. The molecule has 0 radical (unpaired) electrons. The second kappa shape index (κ2) is 9.77. The average molecular weight is 486 g/mol. The molecular weight excluding hydrogens is 454 g/mol. The number of sulfonamides is 1. The van der Waals surface area contributed by atoms with Gasteiger partial charge in [-0.05, 0) is 79.7 Å². The average Bonchev–Trinajstić information content (AvgIpc) is 3.26. The number of benzene rings is 2. The number of rotatable bonds is 6. The van der Waals surface area contributed by atoms with Crippen molar-refractivity contribution < 1.29 is 8.42 Å². The molecule has 3 aliphatic rings. The molecule has 0 aromatic heterocycles. The zero-order valence-corrected chi connectivity index (χ0v) is 20.4. The third-order valence-corrected chi connectivity index (χ3v) is 9.38. The van der Waals surface area contributed by atoms with Gasteiger partial charge in [-0.25, -0.2) is 13.1 Å². The molecule has 0 spiro atoms. The van der Waals surface area contributed by atoms with Gasteiger partial charge in [0, 0.05) is 36.5 Å². The van der Waals surface area contributed by atoms with E-state index in [1.165, 1.54) is 11.1 Å². The Morgan fingerprint density at radius 3 is 2.52 bits per heavy atom. The van der Waals surface area contributed by atoms with Gasteiger partial charge in [-0.2, -0.15) is 0 Å². The number of nitrogens with zero attached hydrogens (tertiary/aromatic N) is 1. The lowest BCUT2D eigenvalue weighted by Gasteiger charge is -2.28. The fourth-order valence-electron chi connectivity index (χ4n) is 5.70. The molecule has 2 N–H and O–H groups in total. The molecule has 5 rings (SSSR count). The van der Waals surface area contributed by atoms with E-state index in [4.69, 9.17) is 16.6 Å². The van der Waals surface area contributed by atoms with E-state index in [9.17, 15) is 8.42 Å². The summed E-state index contributed by atoms with van der Waals surface area (Å²) in [5.41, 5.74) is 2.72. The topological polar surface area (TPSA) is 70.6 Å². The maximum atomic E-state index is 12.4. The van der Waals surface area contributed by atoms with Crippen LogP contribution in [0, 0.1) is 11.8 Å². The number of nitrogens with one attached hydrogen (secondary N) is 2. The highest BCUT2D eigenvalue weighted by molar-refractivity contribution is 7.89. The first-order valence-corrected chi connectivity index (χ1v) is 14.0. The Balaban J connectivity index is 1.10. The highest BCUT2D eigenvalue weighted by Gasteiger charge is 2.37. The van der Waals surface area contributed by atoms with E-state index < -0.39 is 10.0 Å². The molecule has 5 nitrogen and oxygen atoms in total. The van der Waals surface area contributed by atoms with Gasteiger partial charge in [-0.15, -0.1) is 0 Å². The number of hydrogen-bond acceptors (Lipinski definition) is 3. The summed E-state index contributed by atoms with van der Waals surface area (Å²) in [7, 11) is -3.42. The summed E-state index contributed by atoms with van der Waals surface area (Å²) in [5.74, 6) is 2.56. The SMILES string of the molecule is O=S(=O)(NCC1CCC(CN=C2C[C@H]3c4c(Cl)cccc4CC[C@H]3N2)CC1)c1ccccc1. The first kappa shape index (κ1) is 22.9. The molecule has 2 atom stereocenters. The Bertz CT molecular complexity index is 1110. The Morgan fingerprint density at radius 2 is 1.73 bits per heavy atom. The Morgan fingerprint density at radius 1 is 0.970 bits per heavy atom. The monoisotopic (exact) mass is 485 g/mol. The largest absolute Gasteiger partial charge is 0.370 e. The van der Waals surface area contributed by atoms with E-state index in [2.05, 4.69) is 22.2 Å². The van der Waals surface area contributed by atoms with Crippen LogP contribution in [0.2, 0.25) is 5.02 Å². The van der Waals surface area contributed by atoms with Crippen molar-refractivity contribution in [1.82, 2.24) is 10.0 Å². The first-order valence-electron chi connectivity index (χ1n) is 12.1. The number of aliphatic imine (C=N–C) groups is 1. The molecule has 1 saturated carbocycles. The third kappa shape index (κ3) is 5.13. The molecule has 0 unspecified atom stereocenters. The summed E-state index contributed by atoms with van der Waals surface area (Å²) in [5, 5.41) is 4.57. The summed E-state index contributed by atoms with van der Waals surface area (Å²) >= 11 is 6.55. The molecule has 1 saturated heterocycles. The minimum atomic E-state index is -3.42. The van der Waals surface area contributed by atoms with Gasteiger partial charge in [0.1, 0.15) is 0 Å². The number of hydrogen-bond donors (Lipinski definition) is 2. The van der Waals surface area contributed by atoms with Crippen LogP contribution in [0.1, 0.15) is 55.6 Å². The summed E-state index contributed by atoms with van der Waals surface area (Å²) in [4.78, 5) is 5.31. The summed E-state index contributed by atoms with van der Waals surface area (Å²) < 4.78 is 27.7. The summed E-state index contributed by atoms with van der Waals surface area (Å²) in [6, 6.07) is 15.3. The van der Waals surface area contributed by atoms with E-state index in [1.54, 1.807) is 24.3 Å². The third-order valence-electron chi connectivity index (χ3n) is 7.61. The van der Waals surface area contributed by atoms with Crippen LogP contribution >= 0.6 is 11.6 Å². The van der Waals surface area contributed by atoms with Crippen LogP contribution in [-0.4, -0.2) is 33.4 Å². The minimum Gasteiger partial charge on any atom is -0.370 e. The van der Waals surface area contributed by atoms with Crippen LogP contribution in [0.25, 0.3) is 0 Å². The summed E-state index contributed by atoms with van der Waals surface area (Å²) in [6.45, 7) is 1.38. The summed E-state index contributed by atoms with van der Waals surface area (Å²) in [6.07, 6.45) is 7.49. The van der Waals surface area contributed by atoms with Gasteiger partial charge in [0.25, 0.3) is 0 Å². The molecule has 2 fully saturated rings. The Kier molecular flexibility index (Phi) is 6.77. The van der Waals surface area contributed by atoms with Crippen molar-refractivity contribution in [2.24, 2.45) is 16.8 Å². The fraction of sp³-hybridized carbons (Fsp3) is 0.500.